The highest BCUT2D eigenvalue weighted by Gasteiger charge is 2.27. The summed E-state index contributed by atoms with van der Waals surface area (Å²) in [6, 6.07) is 7.61. The predicted octanol–water partition coefficient (Wildman–Crippen LogP) is 4.57. The van der Waals surface area contributed by atoms with Crippen molar-refractivity contribution in [2.45, 2.75) is 47.0 Å². The Bertz CT molecular complexity index is 322. The quantitative estimate of drug-likeness (QED) is 0.788. The van der Waals surface area contributed by atoms with Crippen molar-refractivity contribution in [3.8, 4) is 5.75 Å². The zero-order valence-electron chi connectivity index (χ0n) is 11.1. The zero-order chi connectivity index (χ0) is 12.3. The summed E-state index contributed by atoms with van der Waals surface area (Å²) in [6.07, 6.45) is 1.22. The number of hydrogen-bond acceptors (Lipinski definition) is 1. The third kappa shape index (κ3) is 3.26. The van der Waals surface area contributed by atoms with Crippen LogP contribution in [0.25, 0.3) is 0 Å². The third-order valence-corrected chi connectivity index (χ3v) is 3.50. The summed E-state index contributed by atoms with van der Waals surface area (Å²) in [5.41, 5.74) is 1.61. The van der Waals surface area contributed by atoms with E-state index in [0.29, 0.717) is 17.1 Å². The van der Waals surface area contributed by atoms with Crippen molar-refractivity contribution in [1.82, 2.24) is 0 Å². The van der Waals surface area contributed by atoms with Crippen LogP contribution in [-0.4, -0.2) is 5.11 Å². The van der Waals surface area contributed by atoms with E-state index in [1.807, 2.05) is 12.1 Å². The molecule has 1 atom stereocenters. The molecule has 1 aromatic rings. The van der Waals surface area contributed by atoms with Crippen LogP contribution in [0.5, 0.6) is 5.75 Å². The fraction of sp³-hybridized carbons (Fsp3) is 0.600. The minimum atomic E-state index is 0.297. The number of aromatic hydroxyl groups is 1. The van der Waals surface area contributed by atoms with Gasteiger partial charge in [-0.3, -0.25) is 0 Å². The van der Waals surface area contributed by atoms with E-state index in [4.69, 9.17) is 0 Å². The minimum absolute atomic E-state index is 0.297. The number of rotatable bonds is 4. The molecule has 0 aromatic heterocycles. The first-order valence-corrected chi connectivity index (χ1v) is 6.12. The molecule has 0 aliphatic heterocycles. The maximum atomic E-state index is 9.29. The van der Waals surface area contributed by atoms with Crippen molar-refractivity contribution < 1.29 is 5.11 Å². The fourth-order valence-electron chi connectivity index (χ4n) is 2.44. The van der Waals surface area contributed by atoms with E-state index in [-0.39, 0.29) is 0 Å². The Balaban J connectivity index is 2.84. The molecule has 0 spiro atoms. The summed E-state index contributed by atoms with van der Waals surface area (Å²) in [6.45, 7) is 11.5. The zero-order valence-corrected chi connectivity index (χ0v) is 11.1. The molecule has 0 saturated carbocycles. The van der Waals surface area contributed by atoms with Gasteiger partial charge in [0, 0.05) is 0 Å². The Morgan fingerprint density at radius 3 is 2.00 bits per heavy atom. The van der Waals surface area contributed by atoms with Gasteiger partial charge in [-0.05, 0) is 41.4 Å². The normalized spacial score (nSPS) is 14.1. The number of benzene rings is 1. The van der Waals surface area contributed by atoms with E-state index in [1.165, 1.54) is 12.0 Å². The molecule has 0 aliphatic carbocycles. The van der Waals surface area contributed by atoms with Crippen LogP contribution in [0.4, 0.5) is 0 Å². The minimum Gasteiger partial charge on any atom is -0.508 e. The molecule has 0 radical (unpaired) electrons. The monoisotopic (exact) mass is 220 g/mol. The van der Waals surface area contributed by atoms with E-state index in [2.05, 4.69) is 34.6 Å². The SMILES string of the molecule is CC(C)CC(C)(C)C(C)c1ccc(O)cc1. The summed E-state index contributed by atoms with van der Waals surface area (Å²) in [5, 5.41) is 9.29. The molecule has 90 valence electrons. The highest BCUT2D eigenvalue weighted by molar-refractivity contribution is 5.29. The molecule has 1 nitrogen and oxygen atoms in total. The maximum Gasteiger partial charge on any atom is 0.115 e. The van der Waals surface area contributed by atoms with Crippen molar-refractivity contribution in [1.29, 1.82) is 0 Å². The summed E-state index contributed by atoms with van der Waals surface area (Å²) >= 11 is 0. The highest BCUT2D eigenvalue weighted by Crippen LogP contribution is 2.40. The first-order valence-electron chi connectivity index (χ1n) is 6.12. The molecule has 0 heterocycles. The molecule has 0 aliphatic rings. The van der Waals surface area contributed by atoms with Crippen LogP contribution in [-0.2, 0) is 0 Å². The lowest BCUT2D eigenvalue weighted by Gasteiger charge is -2.34. The second-order valence-corrected chi connectivity index (χ2v) is 5.90. The standard InChI is InChI=1S/C15H24O/c1-11(2)10-15(4,5)12(3)13-6-8-14(16)9-7-13/h6-9,11-12,16H,10H2,1-5H3. The Hall–Kier alpha value is -0.980. The molecule has 1 rings (SSSR count). The third-order valence-electron chi connectivity index (χ3n) is 3.50. The predicted molar refractivity (Wildman–Crippen MR) is 69.8 cm³/mol. The lowest BCUT2D eigenvalue weighted by Crippen LogP contribution is -2.22. The van der Waals surface area contributed by atoms with Crippen LogP contribution < -0.4 is 0 Å². The molecule has 0 amide bonds. The molecule has 0 fully saturated rings. The van der Waals surface area contributed by atoms with Crippen LogP contribution in [0.3, 0.4) is 0 Å². The molecule has 1 unspecified atom stereocenters. The number of phenolic OH excluding ortho intramolecular Hbond substituents is 1. The van der Waals surface area contributed by atoms with Crippen LogP contribution in [0.15, 0.2) is 24.3 Å². The smallest absolute Gasteiger partial charge is 0.115 e. The van der Waals surface area contributed by atoms with Crippen LogP contribution in [0.1, 0.15) is 52.5 Å². The Labute approximate surface area is 99.5 Å². The molecule has 1 heteroatoms. The van der Waals surface area contributed by atoms with Gasteiger partial charge in [0.2, 0.25) is 0 Å². The summed E-state index contributed by atoms with van der Waals surface area (Å²) in [5.74, 6) is 1.57. The van der Waals surface area contributed by atoms with Gasteiger partial charge in [-0.25, -0.2) is 0 Å². The molecule has 0 bridgehead atoms. The Morgan fingerprint density at radius 2 is 1.56 bits per heavy atom. The van der Waals surface area contributed by atoms with Crippen molar-refractivity contribution >= 4 is 0 Å². The average Bonchev–Trinajstić information content (AvgIpc) is 2.16. The summed E-state index contributed by atoms with van der Waals surface area (Å²) in [7, 11) is 0. The second-order valence-electron chi connectivity index (χ2n) is 5.90. The van der Waals surface area contributed by atoms with Gasteiger partial charge in [-0.15, -0.1) is 0 Å². The molecule has 0 saturated heterocycles. The molecule has 16 heavy (non-hydrogen) atoms. The van der Waals surface area contributed by atoms with Crippen molar-refractivity contribution in [3.63, 3.8) is 0 Å². The first kappa shape index (κ1) is 13.1. The van der Waals surface area contributed by atoms with Crippen LogP contribution in [0, 0.1) is 11.3 Å². The highest BCUT2D eigenvalue weighted by atomic mass is 16.3. The molecular weight excluding hydrogens is 196 g/mol. The van der Waals surface area contributed by atoms with Crippen LogP contribution in [0.2, 0.25) is 0 Å². The Morgan fingerprint density at radius 1 is 1.06 bits per heavy atom. The van der Waals surface area contributed by atoms with E-state index >= 15 is 0 Å². The summed E-state index contributed by atoms with van der Waals surface area (Å²) < 4.78 is 0. The van der Waals surface area contributed by atoms with Gasteiger partial charge >= 0.3 is 0 Å². The fourth-order valence-corrected chi connectivity index (χ4v) is 2.44. The van der Waals surface area contributed by atoms with Gasteiger partial charge in [0.25, 0.3) is 0 Å². The van der Waals surface area contributed by atoms with Gasteiger partial charge in [0.1, 0.15) is 5.75 Å². The lowest BCUT2D eigenvalue weighted by molar-refractivity contribution is 0.239. The number of phenols is 1. The van der Waals surface area contributed by atoms with E-state index < -0.39 is 0 Å². The van der Waals surface area contributed by atoms with Crippen LogP contribution >= 0.6 is 0 Å². The summed E-state index contributed by atoms with van der Waals surface area (Å²) in [4.78, 5) is 0. The van der Waals surface area contributed by atoms with E-state index in [0.717, 1.165) is 5.92 Å². The lowest BCUT2D eigenvalue weighted by atomic mass is 9.71. The van der Waals surface area contributed by atoms with E-state index in [1.54, 1.807) is 12.1 Å². The van der Waals surface area contributed by atoms with Gasteiger partial charge in [0.05, 0.1) is 0 Å². The maximum absolute atomic E-state index is 9.29. The molecule has 1 aromatic carbocycles. The van der Waals surface area contributed by atoms with Gasteiger partial charge in [-0.1, -0.05) is 46.8 Å². The topological polar surface area (TPSA) is 20.2 Å². The largest absolute Gasteiger partial charge is 0.508 e. The van der Waals surface area contributed by atoms with Gasteiger partial charge in [0.15, 0.2) is 0 Å². The average molecular weight is 220 g/mol. The van der Waals surface area contributed by atoms with Crippen molar-refractivity contribution in [2.24, 2.45) is 11.3 Å². The first-order chi connectivity index (χ1) is 7.33. The molecule has 1 N–H and O–H groups in total. The van der Waals surface area contributed by atoms with E-state index in [9.17, 15) is 5.11 Å². The van der Waals surface area contributed by atoms with Crippen molar-refractivity contribution in [3.05, 3.63) is 29.8 Å². The second kappa shape index (κ2) is 4.90. The molecular formula is C15H24O. The van der Waals surface area contributed by atoms with Crippen molar-refractivity contribution in [2.75, 3.05) is 0 Å². The Kier molecular flexibility index (Phi) is 4.01. The van der Waals surface area contributed by atoms with Gasteiger partial charge < -0.3 is 5.11 Å². The number of hydrogen-bond donors (Lipinski definition) is 1. The van der Waals surface area contributed by atoms with Gasteiger partial charge in [-0.2, -0.15) is 0 Å².